The Morgan fingerprint density at radius 1 is 0.298 bits per heavy atom. The minimum Gasteiger partial charge on any atom is -0.453 e. The molecule has 2 aromatic heterocycles. The quantitative estimate of drug-likeness (QED) is 0.128. The zero-order valence-corrected chi connectivity index (χ0v) is 48.6. The molecule has 0 bridgehead atoms. The summed E-state index contributed by atoms with van der Waals surface area (Å²) >= 11 is 0. The average molecular weight is 1090 g/mol. The number of rotatable bonds is 10. The smallest absolute Gasteiger partial charge is 0.159 e. The van der Waals surface area contributed by atoms with Gasteiger partial charge in [-0.05, 0) is 180 Å². The monoisotopic (exact) mass is 1090 g/mol. The first-order valence-corrected chi connectivity index (χ1v) is 30.9. The second kappa shape index (κ2) is 20.3. The van der Waals surface area contributed by atoms with Gasteiger partial charge in [-0.1, -0.05) is 196 Å². The van der Waals surface area contributed by atoms with Crippen LogP contribution >= 0.6 is 0 Å². The summed E-state index contributed by atoms with van der Waals surface area (Å²) in [6.07, 6.45) is 12.3. The molecule has 0 aliphatic heterocycles. The molecule has 12 aromatic carbocycles. The fraction of sp³-hybridized carbons (Fsp3) is 0.200. The molecule has 2 fully saturated rings. The standard InChI is InChI=1S/C80H68N2O2/c1-49-21-15-29-55(45-49)81(71-39-19-37-65-63-35-17-33-61(77(63)83-79(65)71)57-31-13-11-23-51(57)3)73-47-69(53-25-7-5-8-26-53)59-42-44-68-74(48-70(54-27-9-6-10-28-54)60-41-43-67(73)75(59)76(60)68)82(56-30-16-22-50(2)46-56)72-40-20-38-66-64-36-18-34-62(78(64)84-80(66)72)58-32-14-12-24-52(58)4/h11-24,29-48,53-54H,5-10,25-28H2,1-4H3. The summed E-state index contributed by atoms with van der Waals surface area (Å²) in [5, 5.41) is 12.4. The lowest BCUT2D eigenvalue weighted by Crippen LogP contribution is -2.15. The van der Waals surface area contributed by atoms with E-state index in [9.17, 15) is 0 Å². The van der Waals surface area contributed by atoms with Crippen molar-refractivity contribution in [3.63, 3.8) is 0 Å². The highest BCUT2D eigenvalue weighted by Crippen LogP contribution is 2.55. The molecule has 0 atom stereocenters. The maximum Gasteiger partial charge on any atom is 0.159 e. The van der Waals surface area contributed by atoms with E-state index in [2.05, 4.69) is 244 Å². The van der Waals surface area contributed by atoms with Crippen molar-refractivity contribution in [2.75, 3.05) is 9.80 Å². The third-order valence-corrected chi connectivity index (χ3v) is 19.4. The molecule has 2 saturated carbocycles. The predicted molar refractivity (Wildman–Crippen MR) is 356 cm³/mol. The van der Waals surface area contributed by atoms with Gasteiger partial charge < -0.3 is 18.6 Å². The molecule has 410 valence electrons. The molecule has 14 aromatic rings. The zero-order chi connectivity index (χ0) is 56.2. The van der Waals surface area contributed by atoms with Gasteiger partial charge in [0, 0.05) is 54.8 Å². The molecule has 16 rings (SSSR count). The lowest BCUT2D eigenvalue weighted by molar-refractivity contribution is 0.445. The van der Waals surface area contributed by atoms with E-state index in [1.54, 1.807) is 0 Å². The fourth-order valence-corrected chi connectivity index (χ4v) is 15.4. The van der Waals surface area contributed by atoms with Gasteiger partial charge in [0.25, 0.3) is 0 Å². The number of benzene rings is 12. The molecule has 0 radical (unpaired) electrons. The van der Waals surface area contributed by atoms with Crippen LogP contribution in [0.3, 0.4) is 0 Å². The first kappa shape index (κ1) is 50.6. The van der Waals surface area contributed by atoms with Crippen molar-refractivity contribution in [2.45, 2.75) is 104 Å². The predicted octanol–water partition coefficient (Wildman–Crippen LogP) is 24.0. The first-order chi connectivity index (χ1) is 41.3. The molecular formula is C80H68N2O2. The van der Waals surface area contributed by atoms with E-state index in [0.717, 1.165) is 77.8 Å². The Labute approximate surface area is 491 Å². The van der Waals surface area contributed by atoms with Crippen molar-refractivity contribution in [3.8, 4) is 22.3 Å². The number of fused-ring (bicyclic) bond motifs is 6. The Morgan fingerprint density at radius 3 is 1.08 bits per heavy atom. The van der Waals surface area contributed by atoms with Crippen molar-refractivity contribution in [3.05, 3.63) is 240 Å². The summed E-state index contributed by atoms with van der Waals surface area (Å²) in [4.78, 5) is 5.11. The Hall–Kier alpha value is -9.12. The van der Waals surface area contributed by atoms with Crippen molar-refractivity contribution >= 4 is 110 Å². The molecule has 0 saturated heterocycles. The average Bonchev–Trinajstić information content (AvgIpc) is 0.965. The topological polar surface area (TPSA) is 32.8 Å². The van der Waals surface area contributed by atoms with Gasteiger partial charge in [0.05, 0.1) is 22.7 Å². The maximum atomic E-state index is 7.40. The molecule has 0 amide bonds. The highest BCUT2D eigenvalue weighted by molar-refractivity contribution is 6.30. The molecule has 4 heteroatoms. The van der Waals surface area contributed by atoms with Crippen LogP contribution in [0.25, 0.3) is 98.4 Å². The van der Waals surface area contributed by atoms with Crippen LogP contribution in [0, 0.1) is 27.7 Å². The molecule has 84 heavy (non-hydrogen) atoms. The van der Waals surface area contributed by atoms with E-state index in [0.29, 0.717) is 11.8 Å². The number of hydrogen-bond donors (Lipinski definition) is 0. The van der Waals surface area contributed by atoms with Crippen LogP contribution in [0.5, 0.6) is 0 Å². The summed E-state index contributed by atoms with van der Waals surface area (Å²) in [6, 6.07) is 77.6. The summed E-state index contributed by atoms with van der Waals surface area (Å²) < 4.78 is 14.8. The van der Waals surface area contributed by atoms with Crippen molar-refractivity contribution in [2.24, 2.45) is 0 Å². The Balaban J connectivity index is 1.01. The third-order valence-electron chi connectivity index (χ3n) is 19.4. The van der Waals surface area contributed by atoms with Crippen LogP contribution in [0.15, 0.2) is 215 Å². The fourth-order valence-electron chi connectivity index (χ4n) is 15.4. The number of nitrogens with zero attached hydrogens (tertiary/aromatic N) is 2. The van der Waals surface area contributed by atoms with Crippen LogP contribution in [0.2, 0.25) is 0 Å². The summed E-state index contributed by atoms with van der Waals surface area (Å²) in [7, 11) is 0. The molecule has 0 N–H and O–H groups in total. The van der Waals surface area contributed by atoms with E-state index in [1.807, 2.05) is 0 Å². The van der Waals surface area contributed by atoms with Crippen molar-refractivity contribution in [1.82, 2.24) is 0 Å². The van der Waals surface area contributed by atoms with Crippen LogP contribution < -0.4 is 9.80 Å². The second-order valence-electron chi connectivity index (χ2n) is 24.6. The van der Waals surface area contributed by atoms with Gasteiger partial charge in [-0.25, -0.2) is 0 Å². The summed E-state index contributed by atoms with van der Waals surface area (Å²) in [6.45, 7) is 8.84. The van der Waals surface area contributed by atoms with Gasteiger partial charge in [0.1, 0.15) is 11.2 Å². The number of para-hydroxylation sites is 4. The minimum absolute atomic E-state index is 0.427. The van der Waals surface area contributed by atoms with Crippen LogP contribution in [-0.4, -0.2) is 0 Å². The lowest BCUT2D eigenvalue weighted by atomic mass is 9.77. The normalized spacial score (nSPS) is 14.6. The number of furan rings is 2. The molecule has 2 aliphatic carbocycles. The van der Waals surface area contributed by atoms with Crippen LogP contribution in [-0.2, 0) is 0 Å². The Morgan fingerprint density at radius 2 is 0.667 bits per heavy atom. The largest absolute Gasteiger partial charge is 0.453 e. The number of anilines is 6. The number of hydrogen-bond acceptors (Lipinski definition) is 4. The zero-order valence-electron chi connectivity index (χ0n) is 48.6. The van der Waals surface area contributed by atoms with E-state index in [-0.39, 0.29) is 0 Å². The Bertz CT molecular complexity index is 4580. The van der Waals surface area contributed by atoms with Crippen molar-refractivity contribution in [1.29, 1.82) is 0 Å². The summed E-state index contributed by atoms with van der Waals surface area (Å²) in [5.41, 5.74) is 22.7. The third kappa shape index (κ3) is 8.16. The lowest BCUT2D eigenvalue weighted by Gasteiger charge is -2.33. The molecule has 0 unspecified atom stereocenters. The van der Waals surface area contributed by atoms with E-state index in [1.165, 1.54) is 152 Å². The van der Waals surface area contributed by atoms with Gasteiger partial charge in [-0.3, -0.25) is 0 Å². The minimum atomic E-state index is 0.427. The number of aryl methyl sites for hydroxylation is 4. The van der Waals surface area contributed by atoms with Crippen LogP contribution in [0.1, 0.15) is 109 Å². The molecular weight excluding hydrogens is 1020 g/mol. The Kier molecular flexibility index (Phi) is 12.3. The van der Waals surface area contributed by atoms with Gasteiger partial charge in [-0.2, -0.15) is 0 Å². The highest BCUT2D eigenvalue weighted by Gasteiger charge is 2.32. The van der Waals surface area contributed by atoms with Gasteiger partial charge in [-0.15, -0.1) is 0 Å². The van der Waals surface area contributed by atoms with Gasteiger partial charge in [0.2, 0.25) is 0 Å². The van der Waals surface area contributed by atoms with Gasteiger partial charge in [0.15, 0.2) is 11.2 Å². The van der Waals surface area contributed by atoms with Crippen LogP contribution in [0.4, 0.5) is 34.1 Å². The summed E-state index contributed by atoms with van der Waals surface area (Å²) in [5.74, 6) is 0.854. The second-order valence-corrected chi connectivity index (χ2v) is 24.6. The van der Waals surface area contributed by atoms with E-state index >= 15 is 0 Å². The first-order valence-electron chi connectivity index (χ1n) is 30.9. The van der Waals surface area contributed by atoms with E-state index < -0.39 is 0 Å². The molecule has 4 nitrogen and oxygen atoms in total. The van der Waals surface area contributed by atoms with Crippen molar-refractivity contribution < 1.29 is 8.83 Å². The molecule has 2 heterocycles. The highest BCUT2D eigenvalue weighted by atomic mass is 16.3. The molecule has 2 aliphatic rings. The SMILES string of the molecule is Cc1cccc(N(c2cc(C3CCCCC3)c3ccc4c(N(c5cccc(C)c5)c5cccc6c5oc5c(-c7ccccc7C)cccc56)cc(C5CCCCC5)c5ccc2c3c54)c2cccc3c2oc2c(-c4ccccc4C)cccc23)c1. The van der Waals surface area contributed by atoms with E-state index in [4.69, 9.17) is 8.83 Å². The maximum absolute atomic E-state index is 7.40. The molecule has 0 spiro atoms. The van der Waals surface area contributed by atoms with Gasteiger partial charge >= 0.3 is 0 Å².